The fourth-order valence-electron chi connectivity index (χ4n) is 2.05. The zero-order chi connectivity index (χ0) is 12.7. The molecule has 0 aliphatic heterocycles. The van der Waals surface area contributed by atoms with Crippen LogP contribution in [0, 0.1) is 13.8 Å². The van der Waals surface area contributed by atoms with Crippen molar-refractivity contribution in [3.63, 3.8) is 0 Å². The molecule has 1 aromatic heterocycles. The van der Waals surface area contributed by atoms with Crippen molar-refractivity contribution in [2.45, 2.75) is 13.8 Å². The van der Waals surface area contributed by atoms with Crippen molar-refractivity contribution in [1.82, 2.24) is 9.97 Å². The highest BCUT2D eigenvalue weighted by molar-refractivity contribution is 9.10. The number of benzene rings is 2. The minimum absolute atomic E-state index is 0.922. The molecule has 3 rings (SSSR count). The van der Waals surface area contributed by atoms with Crippen LogP contribution in [0.25, 0.3) is 22.4 Å². The van der Waals surface area contributed by atoms with Gasteiger partial charge in [-0.15, -0.1) is 0 Å². The van der Waals surface area contributed by atoms with E-state index in [9.17, 15) is 0 Å². The summed E-state index contributed by atoms with van der Waals surface area (Å²) in [6.07, 6.45) is 0. The monoisotopic (exact) mass is 300 g/mol. The number of fused-ring (bicyclic) bond motifs is 1. The van der Waals surface area contributed by atoms with Crippen molar-refractivity contribution in [1.29, 1.82) is 0 Å². The van der Waals surface area contributed by atoms with E-state index >= 15 is 0 Å². The quantitative estimate of drug-likeness (QED) is 0.698. The summed E-state index contributed by atoms with van der Waals surface area (Å²) in [4.78, 5) is 8.00. The van der Waals surface area contributed by atoms with Crippen molar-refractivity contribution in [2.75, 3.05) is 0 Å². The van der Waals surface area contributed by atoms with Crippen LogP contribution in [0.3, 0.4) is 0 Å². The Morgan fingerprint density at radius 2 is 1.89 bits per heavy atom. The number of H-pyrrole nitrogens is 1. The van der Waals surface area contributed by atoms with E-state index in [0.29, 0.717) is 0 Å². The first-order chi connectivity index (χ1) is 8.63. The number of nitrogens with zero attached hydrogens (tertiary/aromatic N) is 1. The largest absolute Gasteiger partial charge is 0.338 e. The van der Waals surface area contributed by atoms with Crippen molar-refractivity contribution >= 4 is 27.0 Å². The highest BCUT2D eigenvalue weighted by Gasteiger charge is 2.06. The summed E-state index contributed by atoms with van der Waals surface area (Å²) in [6.45, 7) is 4.17. The summed E-state index contributed by atoms with van der Waals surface area (Å²) in [6, 6.07) is 12.5. The minimum Gasteiger partial charge on any atom is -0.338 e. The van der Waals surface area contributed by atoms with Crippen LogP contribution in [-0.4, -0.2) is 9.97 Å². The predicted molar refractivity (Wildman–Crippen MR) is 78.7 cm³/mol. The molecule has 0 aliphatic carbocycles. The minimum atomic E-state index is 0.922. The molecule has 0 saturated heterocycles. The van der Waals surface area contributed by atoms with Gasteiger partial charge in [-0.3, -0.25) is 0 Å². The Hall–Kier alpha value is -1.61. The van der Waals surface area contributed by atoms with E-state index in [1.807, 2.05) is 0 Å². The molecule has 0 spiro atoms. The van der Waals surface area contributed by atoms with Crippen LogP contribution >= 0.6 is 15.9 Å². The van der Waals surface area contributed by atoms with Crippen LogP contribution in [0.2, 0.25) is 0 Å². The predicted octanol–water partition coefficient (Wildman–Crippen LogP) is 4.61. The Morgan fingerprint density at radius 3 is 2.67 bits per heavy atom. The molecule has 3 heteroatoms. The average Bonchev–Trinajstić information content (AvgIpc) is 2.75. The topological polar surface area (TPSA) is 28.7 Å². The molecule has 2 aromatic carbocycles. The van der Waals surface area contributed by atoms with Crippen LogP contribution in [-0.2, 0) is 0 Å². The van der Waals surface area contributed by atoms with Gasteiger partial charge in [0, 0.05) is 10.0 Å². The van der Waals surface area contributed by atoms with Crippen molar-refractivity contribution in [2.24, 2.45) is 0 Å². The normalized spacial score (nSPS) is 11.1. The van der Waals surface area contributed by atoms with Gasteiger partial charge >= 0.3 is 0 Å². The molecule has 1 heterocycles. The lowest BCUT2D eigenvalue weighted by Crippen LogP contribution is -1.82. The number of aromatic nitrogens is 2. The molecule has 18 heavy (non-hydrogen) atoms. The SMILES string of the molecule is Cc1ccc2nc(-c3ccc(Br)c(C)c3)[nH]c2c1. The zero-order valence-electron chi connectivity index (χ0n) is 10.3. The molecular formula is C15H13BrN2. The number of hydrogen-bond acceptors (Lipinski definition) is 1. The van der Waals surface area contributed by atoms with Crippen LogP contribution < -0.4 is 0 Å². The Bertz CT molecular complexity index is 728. The molecule has 2 nitrogen and oxygen atoms in total. The van der Waals surface area contributed by atoms with Crippen molar-refractivity contribution in [3.05, 3.63) is 52.0 Å². The number of halogens is 1. The van der Waals surface area contributed by atoms with E-state index in [1.165, 1.54) is 11.1 Å². The molecule has 0 saturated carbocycles. The van der Waals surface area contributed by atoms with Gasteiger partial charge in [-0.25, -0.2) is 4.98 Å². The maximum Gasteiger partial charge on any atom is 0.138 e. The van der Waals surface area contributed by atoms with Gasteiger partial charge in [-0.2, -0.15) is 0 Å². The van der Waals surface area contributed by atoms with Crippen LogP contribution in [0.1, 0.15) is 11.1 Å². The molecule has 0 atom stereocenters. The van der Waals surface area contributed by atoms with Crippen LogP contribution in [0.4, 0.5) is 0 Å². The molecule has 0 radical (unpaired) electrons. The molecule has 0 bridgehead atoms. The first kappa shape index (κ1) is 11.5. The third kappa shape index (κ3) is 1.95. The number of aromatic amines is 1. The summed E-state index contributed by atoms with van der Waals surface area (Å²) in [5.41, 5.74) is 5.67. The lowest BCUT2D eigenvalue weighted by molar-refractivity contribution is 1.32. The first-order valence-electron chi connectivity index (χ1n) is 5.86. The number of nitrogens with one attached hydrogen (secondary N) is 1. The number of hydrogen-bond donors (Lipinski definition) is 1. The van der Waals surface area contributed by atoms with E-state index in [0.717, 1.165) is 26.9 Å². The first-order valence-corrected chi connectivity index (χ1v) is 6.66. The summed E-state index contributed by atoms with van der Waals surface area (Å²) in [5.74, 6) is 0.922. The van der Waals surface area contributed by atoms with Crippen LogP contribution in [0.15, 0.2) is 40.9 Å². The zero-order valence-corrected chi connectivity index (χ0v) is 11.9. The Morgan fingerprint density at radius 1 is 1.06 bits per heavy atom. The summed E-state index contributed by atoms with van der Waals surface area (Å²) in [7, 11) is 0. The summed E-state index contributed by atoms with van der Waals surface area (Å²) < 4.78 is 1.12. The van der Waals surface area contributed by atoms with E-state index in [2.05, 4.69) is 76.1 Å². The van der Waals surface area contributed by atoms with Gasteiger partial charge in [-0.1, -0.05) is 28.1 Å². The van der Waals surface area contributed by atoms with Crippen molar-refractivity contribution in [3.8, 4) is 11.4 Å². The molecule has 0 amide bonds. The average molecular weight is 301 g/mol. The summed E-state index contributed by atoms with van der Waals surface area (Å²) >= 11 is 3.52. The van der Waals surface area contributed by atoms with E-state index in [-0.39, 0.29) is 0 Å². The van der Waals surface area contributed by atoms with Gasteiger partial charge in [0.25, 0.3) is 0 Å². The highest BCUT2D eigenvalue weighted by atomic mass is 79.9. The van der Waals surface area contributed by atoms with E-state index in [4.69, 9.17) is 0 Å². The third-order valence-corrected chi connectivity index (χ3v) is 3.96. The number of imidazole rings is 1. The van der Waals surface area contributed by atoms with Crippen molar-refractivity contribution < 1.29 is 0 Å². The lowest BCUT2D eigenvalue weighted by Gasteiger charge is -2.00. The lowest BCUT2D eigenvalue weighted by atomic mass is 10.1. The molecule has 90 valence electrons. The fourth-order valence-corrected chi connectivity index (χ4v) is 2.30. The summed E-state index contributed by atoms with van der Waals surface area (Å²) in [5, 5.41) is 0. The molecule has 3 aromatic rings. The second kappa shape index (κ2) is 4.25. The van der Waals surface area contributed by atoms with Gasteiger partial charge in [0.1, 0.15) is 5.82 Å². The number of aryl methyl sites for hydroxylation is 2. The second-order valence-corrected chi connectivity index (χ2v) is 5.42. The Labute approximate surface area is 114 Å². The number of rotatable bonds is 1. The van der Waals surface area contributed by atoms with Gasteiger partial charge < -0.3 is 4.98 Å². The molecule has 0 aliphatic rings. The van der Waals surface area contributed by atoms with Gasteiger partial charge in [0.15, 0.2) is 0 Å². The fraction of sp³-hybridized carbons (Fsp3) is 0.133. The third-order valence-electron chi connectivity index (χ3n) is 3.07. The van der Waals surface area contributed by atoms with Gasteiger partial charge in [-0.05, 0) is 49.2 Å². The van der Waals surface area contributed by atoms with Gasteiger partial charge in [0.05, 0.1) is 11.0 Å². The van der Waals surface area contributed by atoms with Gasteiger partial charge in [0.2, 0.25) is 0 Å². The Balaban J connectivity index is 2.16. The van der Waals surface area contributed by atoms with Crippen LogP contribution in [0.5, 0.6) is 0 Å². The Kier molecular flexibility index (Phi) is 2.71. The molecule has 0 unspecified atom stereocenters. The highest BCUT2D eigenvalue weighted by Crippen LogP contribution is 2.25. The molecular weight excluding hydrogens is 288 g/mol. The van der Waals surface area contributed by atoms with E-state index < -0.39 is 0 Å². The maximum atomic E-state index is 4.62. The van der Waals surface area contributed by atoms with E-state index in [1.54, 1.807) is 0 Å². The molecule has 1 N–H and O–H groups in total. The second-order valence-electron chi connectivity index (χ2n) is 4.57. The standard InChI is InChI=1S/C15H13BrN2/c1-9-3-6-13-14(7-9)18-15(17-13)11-4-5-12(16)10(2)8-11/h3-8H,1-2H3,(H,17,18). The maximum absolute atomic E-state index is 4.62. The molecule has 0 fully saturated rings. The smallest absolute Gasteiger partial charge is 0.138 e.